The minimum Gasteiger partial charge on any atom is -0.452 e. The Hall–Kier alpha value is -3.66. The predicted octanol–water partition coefficient (Wildman–Crippen LogP) is 5.07. The van der Waals surface area contributed by atoms with E-state index < -0.39 is 5.97 Å². The number of ether oxygens (including phenoxy) is 1. The summed E-state index contributed by atoms with van der Waals surface area (Å²) in [7, 11) is 0. The molecular weight excluding hydrogens is 374 g/mol. The number of carbonyl (C=O) groups is 2. The van der Waals surface area contributed by atoms with Crippen LogP contribution in [0.15, 0.2) is 84.9 Å². The van der Waals surface area contributed by atoms with Crippen molar-refractivity contribution in [3.05, 3.63) is 96.1 Å². The van der Waals surface area contributed by atoms with Crippen molar-refractivity contribution < 1.29 is 14.3 Å². The van der Waals surface area contributed by atoms with Crippen molar-refractivity contribution in [3.63, 3.8) is 0 Å². The molecule has 0 heterocycles. The standard InChI is InChI=1S/C26H23NO3/c1-18(19-9-3-2-4-10-19)16-27-24(28)17-30-26(29)25-22-13-7-5-11-20(22)15-21-12-6-8-14-23(21)25/h2-15,18H,16-17H2,1H3,(H,27,28)/t18-/m1/s1. The predicted molar refractivity (Wildman–Crippen MR) is 120 cm³/mol. The van der Waals surface area contributed by atoms with Crippen LogP contribution >= 0.6 is 0 Å². The second-order valence-corrected chi connectivity index (χ2v) is 7.39. The molecule has 1 N–H and O–H groups in total. The van der Waals surface area contributed by atoms with E-state index in [1.165, 1.54) is 0 Å². The molecule has 0 unspecified atom stereocenters. The third-order valence-electron chi connectivity index (χ3n) is 5.28. The Kier molecular flexibility index (Phi) is 5.75. The summed E-state index contributed by atoms with van der Waals surface area (Å²) >= 11 is 0. The first-order chi connectivity index (χ1) is 14.6. The van der Waals surface area contributed by atoms with Crippen LogP contribution in [0, 0.1) is 0 Å². The molecule has 0 aliphatic carbocycles. The lowest BCUT2D eigenvalue weighted by Crippen LogP contribution is -2.31. The molecule has 30 heavy (non-hydrogen) atoms. The third kappa shape index (κ3) is 4.18. The first kappa shape index (κ1) is 19.6. The Bertz CT molecular complexity index is 1150. The number of nitrogens with one attached hydrogen (secondary N) is 1. The molecular formula is C26H23NO3. The summed E-state index contributed by atoms with van der Waals surface area (Å²) in [5.74, 6) is -0.627. The minimum atomic E-state index is -0.491. The van der Waals surface area contributed by atoms with Crippen LogP contribution < -0.4 is 5.32 Å². The normalized spacial score (nSPS) is 11.9. The molecule has 0 aliphatic heterocycles. The van der Waals surface area contributed by atoms with Crippen LogP contribution in [0.3, 0.4) is 0 Å². The Morgan fingerprint density at radius 2 is 1.40 bits per heavy atom. The van der Waals surface area contributed by atoms with Crippen molar-refractivity contribution in [2.24, 2.45) is 0 Å². The maximum absolute atomic E-state index is 12.9. The van der Waals surface area contributed by atoms with Gasteiger partial charge in [-0.2, -0.15) is 0 Å². The van der Waals surface area contributed by atoms with Crippen LogP contribution in [0.1, 0.15) is 28.8 Å². The van der Waals surface area contributed by atoms with Gasteiger partial charge in [0.1, 0.15) is 0 Å². The average molecular weight is 397 g/mol. The van der Waals surface area contributed by atoms with Crippen LogP contribution in [-0.4, -0.2) is 25.0 Å². The van der Waals surface area contributed by atoms with Gasteiger partial charge in [0.15, 0.2) is 6.61 Å². The van der Waals surface area contributed by atoms with Crippen LogP contribution in [-0.2, 0) is 9.53 Å². The van der Waals surface area contributed by atoms with Gasteiger partial charge < -0.3 is 10.1 Å². The fourth-order valence-electron chi connectivity index (χ4n) is 3.65. The lowest BCUT2D eigenvalue weighted by molar-refractivity contribution is -0.124. The van der Waals surface area contributed by atoms with E-state index in [0.29, 0.717) is 12.1 Å². The number of amides is 1. The number of hydrogen-bond donors (Lipinski definition) is 1. The first-order valence-corrected chi connectivity index (χ1v) is 10.0. The van der Waals surface area contributed by atoms with Crippen molar-refractivity contribution in [1.82, 2.24) is 5.32 Å². The largest absolute Gasteiger partial charge is 0.452 e. The Balaban J connectivity index is 1.46. The van der Waals surface area contributed by atoms with Gasteiger partial charge >= 0.3 is 5.97 Å². The lowest BCUT2D eigenvalue weighted by Gasteiger charge is -2.14. The summed E-state index contributed by atoms with van der Waals surface area (Å²) in [6.45, 7) is 2.22. The van der Waals surface area contributed by atoms with Crippen LogP contribution in [0.4, 0.5) is 0 Å². The molecule has 4 aromatic rings. The van der Waals surface area contributed by atoms with Gasteiger partial charge in [-0.1, -0.05) is 85.8 Å². The van der Waals surface area contributed by atoms with E-state index in [-0.39, 0.29) is 18.4 Å². The molecule has 4 rings (SSSR count). The summed E-state index contributed by atoms with van der Waals surface area (Å²) in [6, 6.07) is 27.4. The number of esters is 1. The molecule has 150 valence electrons. The number of fused-ring (bicyclic) bond motifs is 2. The van der Waals surface area contributed by atoms with Gasteiger partial charge in [0.2, 0.25) is 0 Å². The zero-order chi connectivity index (χ0) is 20.9. The molecule has 1 atom stereocenters. The Morgan fingerprint density at radius 1 is 0.833 bits per heavy atom. The third-order valence-corrected chi connectivity index (χ3v) is 5.28. The SMILES string of the molecule is C[C@H](CNC(=O)COC(=O)c1c2ccccc2cc2ccccc12)c1ccccc1. The smallest absolute Gasteiger partial charge is 0.339 e. The quantitative estimate of drug-likeness (QED) is 0.365. The number of benzene rings is 4. The fraction of sp³-hybridized carbons (Fsp3) is 0.154. The molecule has 0 bridgehead atoms. The minimum absolute atomic E-state index is 0.174. The molecule has 0 aliphatic rings. The zero-order valence-corrected chi connectivity index (χ0v) is 16.8. The van der Waals surface area contributed by atoms with Crippen molar-refractivity contribution in [1.29, 1.82) is 0 Å². The van der Waals surface area contributed by atoms with E-state index in [1.54, 1.807) is 0 Å². The second kappa shape index (κ2) is 8.78. The molecule has 4 nitrogen and oxygen atoms in total. The van der Waals surface area contributed by atoms with Gasteiger partial charge in [0.25, 0.3) is 5.91 Å². The second-order valence-electron chi connectivity index (χ2n) is 7.39. The molecule has 0 saturated heterocycles. The fourth-order valence-corrected chi connectivity index (χ4v) is 3.65. The summed E-state index contributed by atoms with van der Waals surface area (Å²) in [5.41, 5.74) is 1.64. The highest BCUT2D eigenvalue weighted by molar-refractivity contribution is 6.16. The van der Waals surface area contributed by atoms with E-state index in [4.69, 9.17) is 4.74 Å². The Morgan fingerprint density at radius 3 is 2.03 bits per heavy atom. The molecule has 4 heteroatoms. The van der Waals surface area contributed by atoms with E-state index >= 15 is 0 Å². The highest BCUT2D eigenvalue weighted by Crippen LogP contribution is 2.29. The topological polar surface area (TPSA) is 55.4 Å². The van der Waals surface area contributed by atoms with E-state index in [9.17, 15) is 9.59 Å². The Labute approximate surface area is 175 Å². The monoisotopic (exact) mass is 397 g/mol. The molecule has 0 spiro atoms. The first-order valence-electron chi connectivity index (χ1n) is 10.0. The van der Waals surface area contributed by atoms with Gasteiger partial charge in [-0.25, -0.2) is 4.79 Å². The molecule has 0 saturated carbocycles. The lowest BCUT2D eigenvalue weighted by atomic mass is 9.97. The van der Waals surface area contributed by atoms with Gasteiger partial charge in [-0.15, -0.1) is 0 Å². The highest BCUT2D eigenvalue weighted by atomic mass is 16.5. The summed E-state index contributed by atoms with van der Waals surface area (Å²) in [5, 5.41) is 6.41. The van der Waals surface area contributed by atoms with Crippen molar-refractivity contribution >= 4 is 33.4 Å². The van der Waals surface area contributed by atoms with E-state index in [1.807, 2.05) is 85.8 Å². The molecule has 0 aromatic heterocycles. The van der Waals surface area contributed by atoms with Gasteiger partial charge in [0, 0.05) is 6.54 Å². The zero-order valence-electron chi connectivity index (χ0n) is 16.8. The summed E-state index contributed by atoms with van der Waals surface area (Å²) in [6.07, 6.45) is 0. The van der Waals surface area contributed by atoms with E-state index in [2.05, 4.69) is 11.4 Å². The van der Waals surface area contributed by atoms with Crippen LogP contribution in [0.2, 0.25) is 0 Å². The van der Waals surface area contributed by atoms with Crippen molar-refractivity contribution in [2.75, 3.05) is 13.2 Å². The highest BCUT2D eigenvalue weighted by Gasteiger charge is 2.17. The van der Waals surface area contributed by atoms with Gasteiger partial charge in [-0.05, 0) is 39.1 Å². The molecule has 4 aromatic carbocycles. The van der Waals surface area contributed by atoms with Crippen LogP contribution in [0.5, 0.6) is 0 Å². The van der Waals surface area contributed by atoms with Crippen molar-refractivity contribution in [3.8, 4) is 0 Å². The number of carbonyl (C=O) groups excluding carboxylic acids is 2. The summed E-state index contributed by atoms with van der Waals surface area (Å²) in [4.78, 5) is 25.2. The maximum atomic E-state index is 12.9. The average Bonchev–Trinajstić information content (AvgIpc) is 2.79. The molecule has 0 fully saturated rings. The van der Waals surface area contributed by atoms with Crippen molar-refractivity contribution in [2.45, 2.75) is 12.8 Å². The molecule has 0 radical (unpaired) electrons. The van der Waals surface area contributed by atoms with Gasteiger partial charge in [-0.3, -0.25) is 4.79 Å². The number of rotatable bonds is 6. The van der Waals surface area contributed by atoms with Crippen LogP contribution in [0.25, 0.3) is 21.5 Å². The number of hydrogen-bond acceptors (Lipinski definition) is 3. The maximum Gasteiger partial charge on any atom is 0.339 e. The van der Waals surface area contributed by atoms with E-state index in [0.717, 1.165) is 27.1 Å². The van der Waals surface area contributed by atoms with Gasteiger partial charge in [0.05, 0.1) is 5.56 Å². The molecule has 1 amide bonds. The summed E-state index contributed by atoms with van der Waals surface area (Å²) < 4.78 is 5.39.